The molecule has 0 aliphatic rings. The molecule has 0 heteroatoms. The van der Waals surface area contributed by atoms with Gasteiger partial charge in [0.15, 0.2) is 0 Å². The lowest BCUT2D eigenvalue weighted by atomic mass is 10.4. The Kier molecular flexibility index (Phi) is 12.2. The molecule has 0 aliphatic carbocycles. The fraction of sp³-hybridized carbons (Fsp3) is 0. The zero-order valence-corrected chi connectivity index (χ0v) is 10.2. The van der Waals surface area contributed by atoms with Crippen molar-refractivity contribution in [3.63, 3.8) is 0 Å². The van der Waals surface area contributed by atoms with Crippen molar-refractivity contribution in [2.75, 3.05) is 0 Å². The highest BCUT2D eigenvalue weighted by Gasteiger charge is 1.58. The van der Waals surface area contributed by atoms with Crippen LogP contribution in [0.3, 0.4) is 0 Å². The van der Waals surface area contributed by atoms with Crippen LogP contribution in [-0.2, 0) is 0 Å². The lowest BCUT2D eigenvalue weighted by Gasteiger charge is -1.69. The zero-order chi connectivity index (χ0) is 13.3. The van der Waals surface area contributed by atoms with Crippen LogP contribution in [0.1, 0.15) is 0 Å². The van der Waals surface area contributed by atoms with Crippen molar-refractivity contribution in [2.24, 2.45) is 0 Å². The molecule has 2 aromatic rings. The maximum Gasteiger partial charge on any atom is -0.00380 e. The topological polar surface area (TPSA) is 0 Å². The van der Waals surface area contributed by atoms with E-state index in [0.29, 0.717) is 0 Å². The van der Waals surface area contributed by atoms with Crippen molar-refractivity contribution in [3.05, 3.63) is 84.9 Å². The summed E-state index contributed by atoms with van der Waals surface area (Å²) in [6.07, 6.45) is 12.5. The predicted octanol–water partition coefficient (Wildman–Crippen LogP) is 4.18. The van der Waals surface area contributed by atoms with Crippen molar-refractivity contribution in [1.29, 1.82) is 0 Å². The molecule has 0 atom stereocenters. The molecule has 0 bridgehead atoms. The van der Waals surface area contributed by atoms with Crippen molar-refractivity contribution >= 4 is 0 Å². The van der Waals surface area contributed by atoms with Crippen molar-refractivity contribution in [2.45, 2.75) is 0 Å². The Bertz CT molecular complexity index is 366. The lowest BCUT2D eigenvalue weighted by molar-refractivity contribution is 1.72. The van der Waals surface area contributed by atoms with E-state index in [1.165, 1.54) is 12.2 Å². The SMILES string of the molecule is C#C/C=C\C#C.c1ccccc1.c1ccccc1. The van der Waals surface area contributed by atoms with E-state index in [1.54, 1.807) is 0 Å². The fourth-order valence-corrected chi connectivity index (χ4v) is 0.866. The Labute approximate surface area is 110 Å². The minimum atomic E-state index is 1.47. The van der Waals surface area contributed by atoms with E-state index < -0.39 is 0 Å². The first-order valence-electron chi connectivity index (χ1n) is 5.49. The van der Waals surface area contributed by atoms with Gasteiger partial charge in [-0.15, -0.1) is 12.8 Å². The molecular formula is C18H16. The molecule has 2 aromatic carbocycles. The molecule has 2 rings (SSSR count). The van der Waals surface area contributed by atoms with Crippen LogP contribution in [-0.4, -0.2) is 0 Å². The first-order chi connectivity index (χ1) is 8.91. The molecule has 18 heavy (non-hydrogen) atoms. The summed E-state index contributed by atoms with van der Waals surface area (Å²) in [5.74, 6) is 4.49. The molecule has 0 spiro atoms. The van der Waals surface area contributed by atoms with Gasteiger partial charge in [0.25, 0.3) is 0 Å². The van der Waals surface area contributed by atoms with Gasteiger partial charge in [0.2, 0.25) is 0 Å². The number of allylic oxidation sites excluding steroid dienone is 2. The van der Waals surface area contributed by atoms with Crippen LogP contribution in [0.25, 0.3) is 0 Å². The Morgan fingerprint density at radius 1 is 0.444 bits per heavy atom. The molecule has 0 aromatic heterocycles. The molecule has 0 heterocycles. The summed E-state index contributed by atoms with van der Waals surface area (Å²) in [4.78, 5) is 0. The van der Waals surface area contributed by atoms with Crippen LogP contribution in [0.15, 0.2) is 84.9 Å². The third-order valence-corrected chi connectivity index (χ3v) is 1.61. The smallest absolute Gasteiger partial charge is 0.00380 e. The van der Waals surface area contributed by atoms with Crippen molar-refractivity contribution < 1.29 is 0 Å². The average Bonchev–Trinajstić information content (AvgIpc) is 2.50. The van der Waals surface area contributed by atoms with E-state index in [0.717, 1.165) is 0 Å². The summed E-state index contributed by atoms with van der Waals surface area (Å²) in [7, 11) is 0. The van der Waals surface area contributed by atoms with Gasteiger partial charge in [0.05, 0.1) is 0 Å². The van der Waals surface area contributed by atoms with E-state index in [4.69, 9.17) is 12.8 Å². The molecule has 0 radical (unpaired) electrons. The normalized spacial score (nSPS) is 7.67. The highest BCUT2D eigenvalue weighted by atomic mass is 13.7. The van der Waals surface area contributed by atoms with E-state index in [1.807, 2.05) is 72.8 Å². The van der Waals surface area contributed by atoms with Gasteiger partial charge in [0, 0.05) is 0 Å². The van der Waals surface area contributed by atoms with E-state index in [-0.39, 0.29) is 0 Å². The average molecular weight is 232 g/mol. The Balaban J connectivity index is 0.000000241. The molecule has 0 amide bonds. The van der Waals surface area contributed by atoms with Crippen LogP contribution in [0.2, 0.25) is 0 Å². The minimum Gasteiger partial charge on any atom is -0.115 e. The number of rotatable bonds is 0. The first kappa shape index (κ1) is 15.3. The summed E-state index contributed by atoms with van der Waals surface area (Å²) in [6.45, 7) is 0. The van der Waals surface area contributed by atoms with Crippen molar-refractivity contribution in [3.8, 4) is 24.7 Å². The summed E-state index contributed by atoms with van der Waals surface area (Å²) in [5, 5.41) is 0. The van der Waals surface area contributed by atoms with E-state index in [9.17, 15) is 0 Å². The van der Waals surface area contributed by atoms with Crippen LogP contribution < -0.4 is 0 Å². The second-order valence-electron chi connectivity index (χ2n) is 2.98. The molecule has 0 aliphatic heterocycles. The molecule has 0 N–H and O–H groups in total. The highest BCUT2D eigenvalue weighted by molar-refractivity contribution is 5.19. The lowest BCUT2D eigenvalue weighted by Crippen LogP contribution is -1.47. The number of benzene rings is 2. The van der Waals surface area contributed by atoms with E-state index >= 15 is 0 Å². The maximum absolute atomic E-state index is 4.78. The maximum atomic E-state index is 4.78. The first-order valence-corrected chi connectivity index (χ1v) is 5.49. The molecule has 0 saturated carbocycles. The fourth-order valence-electron chi connectivity index (χ4n) is 0.866. The molecule has 0 fully saturated rings. The van der Waals surface area contributed by atoms with Gasteiger partial charge in [-0.2, -0.15) is 0 Å². The van der Waals surface area contributed by atoms with Gasteiger partial charge in [0.1, 0.15) is 0 Å². The summed E-state index contributed by atoms with van der Waals surface area (Å²) in [5.41, 5.74) is 0. The molecule has 88 valence electrons. The van der Waals surface area contributed by atoms with Crippen molar-refractivity contribution in [1.82, 2.24) is 0 Å². The summed E-state index contributed by atoms with van der Waals surface area (Å²) < 4.78 is 0. The Hall–Kier alpha value is -2.70. The highest BCUT2D eigenvalue weighted by Crippen LogP contribution is 1.80. The van der Waals surface area contributed by atoms with Gasteiger partial charge >= 0.3 is 0 Å². The van der Waals surface area contributed by atoms with Gasteiger partial charge in [-0.1, -0.05) is 84.6 Å². The monoisotopic (exact) mass is 232 g/mol. The second kappa shape index (κ2) is 14.3. The summed E-state index contributed by atoms with van der Waals surface area (Å²) >= 11 is 0. The van der Waals surface area contributed by atoms with Gasteiger partial charge in [-0.3, -0.25) is 0 Å². The van der Waals surface area contributed by atoms with Crippen LogP contribution >= 0.6 is 0 Å². The quantitative estimate of drug-likeness (QED) is 0.598. The minimum absolute atomic E-state index is 1.47. The number of terminal acetylenes is 2. The van der Waals surface area contributed by atoms with Crippen LogP contribution in [0, 0.1) is 24.7 Å². The third-order valence-electron chi connectivity index (χ3n) is 1.61. The van der Waals surface area contributed by atoms with Gasteiger partial charge < -0.3 is 0 Å². The number of hydrogen-bond donors (Lipinski definition) is 0. The summed E-state index contributed by atoms with van der Waals surface area (Å²) in [6, 6.07) is 24.0. The standard InChI is InChI=1S/2C6H6.C6H4/c2*1-2-4-6-5-3-1;1-3-5-6-4-2/h2*1-6H;1-2,5-6H/b;;6-5-. The predicted molar refractivity (Wildman–Crippen MR) is 79.7 cm³/mol. The third kappa shape index (κ3) is 13.3. The Morgan fingerprint density at radius 3 is 0.722 bits per heavy atom. The molecule has 0 saturated heterocycles. The van der Waals surface area contributed by atoms with Crippen LogP contribution in [0.5, 0.6) is 0 Å². The molecule has 0 unspecified atom stereocenters. The van der Waals surface area contributed by atoms with E-state index in [2.05, 4.69) is 11.8 Å². The second-order valence-corrected chi connectivity index (χ2v) is 2.98. The molecular weight excluding hydrogens is 216 g/mol. The van der Waals surface area contributed by atoms with Crippen LogP contribution in [0.4, 0.5) is 0 Å². The van der Waals surface area contributed by atoms with Gasteiger partial charge in [-0.25, -0.2) is 0 Å². The molecule has 0 nitrogen and oxygen atoms in total. The number of hydrogen-bond acceptors (Lipinski definition) is 0. The largest absolute Gasteiger partial charge is 0.115 e. The Morgan fingerprint density at radius 2 is 0.611 bits per heavy atom. The van der Waals surface area contributed by atoms with Gasteiger partial charge in [-0.05, 0) is 12.2 Å². The zero-order valence-electron chi connectivity index (χ0n) is 10.2.